The first kappa shape index (κ1) is 15.3. The van der Waals surface area contributed by atoms with Crippen molar-refractivity contribution in [1.82, 2.24) is 0 Å². The third-order valence-electron chi connectivity index (χ3n) is 3.67. The highest BCUT2D eigenvalue weighted by atomic mass is 16.5. The van der Waals surface area contributed by atoms with Gasteiger partial charge in [-0.15, -0.1) is 0 Å². The van der Waals surface area contributed by atoms with Gasteiger partial charge in [-0.2, -0.15) is 0 Å². The Balaban J connectivity index is 1.87. The Bertz CT molecular complexity index is 557. The molecule has 1 saturated heterocycles. The van der Waals surface area contributed by atoms with E-state index in [4.69, 9.17) is 16.2 Å². The number of anilines is 1. The molecule has 21 heavy (non-hydrogen) atoms. The molecular weight excluding hydrogens is 268 g/mol. The van der Waals surface area contributed by atoms with Crippen LogP contribution < -0.4 is 16.8 Å². The Labute approximate surface area is 124 Å². The van der Waals surface area contributed by atoms with Crippen LogP contribution in [0.3, 0.4) is 0 Å². The predicted molar refractivity (Wildman–Crippen MR) is 83.1 cm³/mol. The number of nitrogens with one attached hydrogen (secondary N) is 1. The first-order valence-electron chi connectivity index (χ1n) is 7.04. The summed E-state index contributed by atoms with van der Waals surface area (Å²) in [5.74, 6) is -0.0768. The number of ether oxygens (including phenoxy) is 1. The zero-order chi connectivity index (χ0) is 15.4. The van der Waals surface area contributed by atoms with Gasteiger partial charge in [0.15, 0.2) is 5.96 Å². The van der Waals surface area contributed by atoms with E-state index in [0.29, 0.717) is 18.9 Å². The van der Waals surface area contributed by atoms with Crippen molar-refractivity contribution in [2.24, 2.45) is 16.5 Å². The molecule has 2 atom stereocenters. The zero-order valence-electron chi connectivity index (χ0n) is 12.4. The van der Waals surface area contributed by atoms with Gasteiger partial charge in [-0.05, 0) is 49.9 Å². The Hall–Kier alpha value is -2.08. The van der Waals surface area contributed by atoms with Crippen molar-refractivity contribution in [3.8, 4) is 0 Å². The van der Waals surface area contributed by atoms with Gasteiger partial charge in [-0.25, -0.2) is 0 Å². The summed E-state index contributed by atoms with van der Waals surface area (Å²) in [6, 6.07) is 6.01. The molecule has 1 amide bonds. The molecule has 2 unspecified atom stereocenters. The van der Waals surface area contributed by atoms with Crippen molar-refractivity contribution < 1.29 is 9.53 Å². The monoisotopic (exact) mass is 290 g/mol. The van der Waals surface area contributed by atoms with Gasteiger partial charge in [0, 0.05) is 5.69 Å². The smallest absolute Gasteiger partial charge is 0.246 e. The van der Waals surface area contributed by atoms with E-state index in [0.717, 1.165) is 12.1 Å². The van der Waals surface area contributed by atoms with E-state index in [1.165, 1.54) is 11.1 Å². The quantitative estimate of drug-likeness (QED) is 0.570. The van der Waals surface area contributed by atoms with Crippen LogP contribution in [0.5, 0.6) is 0 Å². The largest absolute Gasteiger partial charge is 0.370 e. The van der Waals surface area contributed by atoms with Gasteiger partial charge in [0.05, 0.1) is 12.6 Å². The number of guanidine groups is 1. The maximum atomic E-state index is 11.0. The number of amides is 1. The Morgan fingerprint density at radius 3 is 2.71 bits per heavy atom. The lowest BCUT2D eigenvalue weighted by Gasteiger charge is -2.11. The number of nitrogens with zero attached hydrogens (tertiary/aromatic N) is 1. The molecule has 1 aliphatic heterocycles. The number of aryl methyl sites for hydroxylation is 2. The van der Waals surface area contributed by atoms with Crippen molar-refractivity contribution in [3.05, 3.63) is 29.3 Å². The predicted octanol–water partition coefficient (Wildman–Crippen LogP) is 1.06. The van der Waals surface area contributed by atoms with Crippen LogP contribution in [0.15, 0.2) is 23.2 Å². The number of carbonyl (C=O) groups is 1. The Kier molecular flexibility index (Phi) is 4.80. The fraction of sp³-hybridized carbons (Fsp3) is 0.467. The summed E-state index contributed by atoms with van der Waals surface area (Å²) in [7, 11) is 0. The number of hydrogen-bond donors (Lipinski definition) is 3. The van der Waals surface area contributed by atoms with Crippen LogP contribution in [-0.4, -0.2) is 30.6 Å². The molecule has 6 nitrogen and oxygen atoms in total. The zero-order valence-corrected chi connectivity index (χ0v) is 12.4. The first-order chi connectivity index (χ1) is 9.95. The number of benzene rings is 1. The number of primary amides is 1. The van der Waals surface area contributed by atoms with Gasteiger partial charge in [0.25, 0.3) is 0 Å². The molecule has 0 spiro atoms. The molecule has 1 heterocycles. The molecule has 0 aromatic heterocycles. The summed E-state index contributed by atoms with van der Waals surface area (Å²) in [5.41, 5.74) is 14.4. The molecule has 1 aromatic carbocycles. The van der Waals surface area contributed by atoms with E-state index in [9.17, 15) is 4.79 Å². The maximum absolute atomic E-state index is 11.0. The van der Waals surface area contributed by atoms with Crippen LogP contribution in [0, 0.1) is 13.8 Å². The minimum absolute atomic E-state index is 0.0948. The summed E-state index contributed by atoms with van der Waals surface area (Å²) in [6.45, 7) is 4.53. The second-order valence-corrected chi connectivity index (χ2v) is 5.38. The summed E-state index contributed by atoms with van der Waals surface area (Å²) < 4.78 is 5.49. The molecule has 6 heteroatoms. The highest BCUT2D eigenvalue weighted by Gasteiger charge is 2.28. The number of rotatable bonds is 4. The van der Waals surface area contributed by atoms with Crippen LogP contribution in [0.2, 0.25) is 0 Å². The number of hydrogen-bond acceptors (Lipinski definition) is 3. The third kappa shape index (κ3) is 4.19. The molecule has 1 fully saturated rings. The number of carbonyl (C=O) groups excluding carboxylic acids is 1. The lowest BCUT2D eigenvalue weighted by Crippen LogP contribution is -2.29. The summed E-state index contributed by atoms with van der Waals surface area (Å²) in [5, 5.41) is 3.05. The molecule has 114 valence electrons. The van der Waals surface area contributed by atoms with Crippen LogP contribution in [0.1, 0.15) is 24.0 Å². The number of aliphatic imine (C=N–C) groups is 1. The maximum Gasteiger partial charge on any atom is 0.246 e. The Morgan fingerprint density at radius 1 is 1.33 bits per heavy atom. The minimum Gasteiger partial charge on any atom is -0.370 e. The lowest BCUT2D eigenvalue weighted by atomic mass is 10.1. The Morgan fingerprint density at radius 2 is 2.10 bits per heavy atom. The van der Waals surface area contributed by atoms with Crippen molar-refractivity contribution in [3.63, 3.8) is 0 Å². The molecule has 1 aromatic rings. The number of nitrogens with two attached hydrogens (primary N) is 2. The molecule has 5 N–H and O–H groups in total. The fourth-order valence-corrected chi connectivity index (χ4v) is 2.26. The van der Waals surface area contributed by atoms with Gasteiger partial charge in [-0.1, -0.05) is 6.07 Å². The summed E-state index contributed by atoms with van der Waals surface area (Å²) in [6.07, 6.45) is 0.843. The second kappa shape index (κ2) is 6.58. The van der Waals surface area contributed by atoms with Crippen LogP contribution in [0.25, 0.3) is 0 Å². The molecule has 1 aliphatic rings. The normalized spacial score (nSPS) is 22.3. The SMILES string of the molecule is Cc1ccc(NC(N)=NCC2CCC(C(N)=O)O2)cc1C. The van der Waals surface area contributed by atoms with Crippen molar-refractivity contribution >= 4 is 17.6 Å². The molecule has 0 radical (unpaired) electrons. The molecule has 0 saturated carbocycles. The molecular formula is C15H22N4O2. The molecule has 2 rings (SSSR count). The molecule has 0 aliphatic carbocycles. The van der Waals surface area contributed by atoms with E-state index in [-0.39, 0.29) is 6.10 Å². The standard InChI is InChI=1S/C15H22N4O2/c1-9-3-4-11(7-10(9)2)19-15(17)18-8-12-5-6-13(21-12)14(16)20/h3-4,7,12-13H,5-6,8H2,1-2H3,(H2,16,20)(H3,17,18,19). The topological polar surface area (TPSA) is 103 Å². The van der Waals surface area contributed by atoms with Crippen molar-refractivity contribution in [1.29, 1.82) is 0 Å². The van der Waals surface area contributed by atoms with Crippen molar-refractivity contribution in [2.75, 3.05) is 11.9 Å². The van der Waals surface area contributed by atoms with E-state index >= 15 is 0 Å². The van der Waals surface area contributed by atoms with E-state index in [2.05, 4.69) is 17.2 Å². The van der Waals surface area contributed by atoms with Crippen LogP contribution in [0.4, 0.5) is 5.69 Å². The minimum atomic E-state index is -0.487. The summed E-state index contributed by atoms with van der Waals surface area (Å²) in [4.78, 5) is 15.3. The van der Waals surface area contributed by atoms with Gasteiger partial charge >= 0.3 is 0 Å². The van der Waals surface area contributed by atoms with Gasteiger partial charge < -0.3 is 21.5 Å². The molecule has 0 bridgehead atoms. The third-order valence-corrected chi connectivity index (χ3v) is 3.67. The highest BCUT2D eigenvalue weighted by molar-refractivity contribution is 5.92. The van der Waals surface area contributed by atoms with Crippen LogP contribution >= 0.6 is 0 Å². The van der Waals surface area contributed by atoms with Gasteiger partial charge in [-0.3, -0.25) is 9.79 Å². The van der Waals surface area contributed by atoms with E-state index in [1.54, 1.807) is 0 Å². The van der Waals surface area contributed by atoms with Crippen LogP contribution in [-0.2, 0) is 9.53 Å². The van der Waals surface area contributed by atoms with Gasteiger partial charge in [0.1, 0.15) is 6.10 Å². The average molecular weight is 290 g/mol. The first-order valence-corrected chi connectivity index (χ1v) is 7.04. The average Bonchev–Trinajstić information content (AvgIpc) is 2.90. The van der Waals surface area contributed by atoms with Gasteiger partial charge in [0.2, 0.25) is 5.91 Å². The lowest BCUT2D eigenvalue weighted by molar-refractivity contribution is -0.128. The second-order valence-electron chi connectivity index (χ2n) is 5.38. The summed E-state index contributed by atoms with van der Waals surface area (Å²) >= 11 is 0. The fourth-order valence-electron chi connectivity index (χ4n) is 2.26. The van der Waals surface area contributed by atoms with E-state index in [1.807, 2.05) is 25.1 Å². The van der Waals surface area contributed by atoms with Crippen molar-refractivity contribution in [2.45, 2.75) is 38.9 Å². The van der Waals surface area contributed by atoms with E-state index < -0.39 is 12.0 Å². The highest BCUT2D eigenvalue weighted by Crippen LogP contribution is 2.19.